The summed E-state index contributed by atoms with van der Waals surface area (Å²) in [7, 11) is 0. The van der Waals surface area contributed by atoms with Gasteiger partial charge in [0.2, 0.25) is 0 Å². The molecule has 1 fully saturated rings. The maximum absolute atomic E-state index is 12.3. The lowest BCUT2D eigenvalue weighted by atomic mass is 10.1. The van der Waals surface area contributed by atoms with Gasteiger partial charge in [-0.05, 0) is 46.8 Å². The van der Waals surface area contributed by atoms with Crippen LogP contribution >= 0.6 is 11.6 Å². The highest BCUT2D eigenvalue weighted by Crippen LogP contribution is 2.58. The standard InChI is InChI=1S/C21H19ClO3/c1-21(2)18(11-12-22)19(21)20(23)24-14-15-7-6-10-17(13-15)25-16-8-4-3-5-9-16/h3-10,13,18-19H,14H2,1-2H3. The summed E-state index contributed by atoms with van der Waals surface area (Å²) >= 11 is 5.46. The molecular weight excluding hydrogens is 336 g/mol. The van der Waals surface area contributed by atoms with Crippen LogP contribution in [0.4, 0.5) is 0 Å². The fourth-order valence-corrected chi connectivity index (χ4v) is 3.09. The molecule has 2 atom stereocenters. The molecule has 1 aliphatic carbocycles. The minimum absolute atomic E-state index is 0.0368. The molecule has 0 bridgehead atoms. The van der Waals surface area contributed by atoms with Crippen molar-refractivity contribution in [2.24, 2.45) is 17.3 Å². The number of para-hydroxylation sites is 1. The molecular formula is C21H19ClO3. The number of ether oxygens (including phenoxy) is 2. The minimum Gasteiger partial charge on any atom is -0.461 e. The van der Waals surface area contributed by atoms with Crippen molar-refractivity contribution in [2.45, 2.75) is 20.5 Å². The third-order valence-electron chi connectivity index (χ3n) is 4.55. The molecule has 0 amide bonds. The molecule has 2 aromatic carbocycles. The molecule has 0 saturated heterocycles. The van der Waals surface area contributed by atoms with Crippen LogP contribution in [0, 0.1) is 28.6 Å². The lowest BCUT2D eigenvalue weighted by molar-refractivity contribution is -0.147. The van der Waals surface area contributed by atoms with Gasteiger partial charge in [-0.1, -0.05) is 50.1 Å². The van der Waals surface area contributed by atoms with E-state index >= 15 is 0 Å². The van der Waals surface area contributed by atoms with E-state index < -0.39 is 0 Å². The summed E-state index contributed by atoms with van der Waals surface area (Å²) in [4.78, 5) is 12.3. The highest BCUT2D eigenvalue weighted by molar-refractivity contribution is 6.30. The first-order valence-corrected chi connectivity index (χ1v) is 8.50. The molecule has 0 N–H and O–H groups in total. The Balaban J connectivity index is 1.59. The van der Waals surface area contributed by atoms with E-state index in [-0.39, 0.29) is 29.8 Å². The normalized spacial score (nSPS) is 20.1. The Kier molecular flexibility index (Phi) is 5.01. The van der Waals surface area contributed by atoms with E-state index in [0.717, 1.165) is 11.3 Å². The van der Waals surface area contributed by atoms with Gasteiger partial charge in [-0.15, -0.1) is 0 Å². The second kappa shape index (κ2) is 7.21. The van der Waals surface area contributed by atoms with Crippen LogP contribution in [0.1, 0.15) is 19.4 Å². The summed E-state index contributed by atoms with van der Waals surface area (Å²) < 4.78 is 11.3. The van der Waals surface area contributed by atoms with Gasteiger partial charge in [-0.25, -0.2) is 0 Å². The Hall–Kier alpha value is -2.44. The predicted octanol–water partition coefficient (Wildman–Crippen LogP) is 4.99. The van der Waals surface area contributed by atoms with Crippen LogP contribution in [0.15, 0.2) is 54.6 Å². The van der Waals surface area contributed by atoms with E-state index in [0.29, 0.717) is 5.75 Å². The Morgan fingerprint density at radius 1 is 1.12 bits per heavy atom. The summed E-state index contributed by atoms with van der Waals surface area (Å²) in [5.41, 5.74) is 0.692. The van der Waals surface area contributed by atoms with Gasteiger partial charge in [0.05, 0.1) is 5.92 Å². The van der Waals surface area contributed by atoms with Gasteiger partial charge in [0.15, 0.2) is 0 Å². The van der Waals surface area contributed by atoms with E-state index in [1.54, 1.807) is 0 Å². The summed E-state index contributed by atoms with van der Waals surface area (Å²) in [5, 5.41) is 2.37. The zero-order chi connectivity index (χ0) is 17.9. The molecule has 0 aromatic heterocycles. The Morgan fingerprint density at radius 3 is 2.56 bits per heavy atom. The van der Waals surface area contributed by atoms with E-state index in [1.165, 1.54) is 0 Å². The van der Waals surface area contributed by atoms with Gasteiger partial charge in [0.25, 0.3) is 0 Å². The molecule has 3 nitrogen and oxygen atoms in total. The smallest absolute Gasteiger partial charge is 0.311 e. The maximum Gasteiger partial charge on any atom is 0.311 e. The number of carbonyl (C=O) groups excluding carboxylic acids is 1. The van der Waals surface area contributed by atoms with E-state index in [9.17, 15) is 4.79 Å². The van der Waals surface area contributed by atoms with Gasteiger partial charge >= 0.3 is 5.97 Å². The Morgan fingerprint density at radius 2 is 1.84 bits per heavy atom. The molecule has 2 unspecified atom stereocenters. The predicted molar refractivity (Wildman–Crippen MR) is 97.1 cm³/mol. The first-order chi connectivity index (χ1) is 12.0. The van der Waals surface area contributed by atoms with Crippen LogP contribution in [0.2, 0.25) is 0 Å². The van der Waals surface area contributed by atoms with Crippen LogP contribution < -0.4 is 4.74 Å². The second-order valence-electron chi connectivity index (χ2n) is 6.69. The van der Waals surface area contributed by atoms with Crippen LogP contribution in [-0.2, 0) is 16.1 Å². The number of esters is 1. The van der Waals surface area contributed by atoms with Crippen molar-refractivity contribution in [3.63, 3.8) is 0 Å². The van der Waals surface area contributed by atoms with Crippen molar-refractivity contribution in [1.82, 2.24) is 0 Å². The average molecular weight is 355 g/mol. The van der Waals surface area contributed by atoms with Crippen molar-refractivity contribution >= 4 is 17.6 Å². The average Bonchev–Trinajstić information content (AvgIpc) is 3.15. The molecule has 0 spiro atoms. The van der Waals surface area contributed by atoms with Crippen molar-refractivity contribution in [1.29, 1.82) is 0 Å². The van der Waals surface area contributed by atoms with Crippen molar-refractivity contribution in [3.8, 4) is 22.8 Å². The SMILES string of the molecule is CC1(C)C(C#CCl)C1C(=O)OCc1cccc(Oc2ccccc2)c1. The van der Waals surface area contributed by atoms with Gasteiger partial charge in [-0.3, -0.25) is 4.79 Å². The van der Waals surface area contributed by atoms with Crippen LogP contribution in [-0.4, -0.2) is 5.97 Å². The zero-order valence-electron chi connectivity index (χ0n) is 14.2. The zero-order valence-corrected chi connectivity index (χ0v) is 14.9. The number of hydrogen-bond acceptors (Lipinski definition) is 3. The molecule has 128 valence electrons. The maximum atomic E-state index is 12.3. The number of rotatable bonds is 5. The quantitative estimate of drug-likeness (QED) is 0.560. The minimum atomic E-state index is -0.233. The molecule has 1 aliphatic rings. The number of halogens is 1. The second-order valence-corrected chi connectivity index (χ2v) is 6.87. The topological polar surface area (TPSA) is 35.5 Å². The van der Waals surface area contributed by atoms with Gasteiger partial charge in [-0.2, -0.15) is 0 Å². The summed E-state index contributed by atoms with van der Waals surface area (Å²) in [5.74, 6) is 3.85. The largest absolute Gasteiger partial charge is 0.461 e. The lowest BCUT2D eigenvalue weighted by Gasteiger charge is -2.09. The molecule has 4 heteroatoms. The number of carbonyl (C=O) groups is 1. The molecule has 0 aliphatic heterocycles. The molecule has 0 heterocycles. The first kappa shape index (κ1) is 17.4. The summed E-state index contributed by atoms with van der Waals surface area (Å²) in [6.45, 7) is 4.21. The lowest BCUT2D eigenvalue weighted by Crippen LogP contribution is -2.10. The third kappa shape index (κ3) is 3.97. The molecule has 1 saturated carbocycles. The van der Waals surface area contributed by atoms with Crippen LogP contribution in [0.3, 0.4) is 0 Å². The number of benzene rings is 2. The fraction of sp³-hybridized carbons (Fsp3) is 0.286. The monoisotopic (exact) mass is 354 g/mol. The molecule has 3 rings (SSSR count). The van der Waals surface area contributed by atoms with E-state index in [4.69, 9.17) is 21.1 Å². The fourth-order valence-electron chi connectivity index (χ4n) is 2.97. The van der Waals surface area contributed by atoms with Crippen molar-refractivity contribution < 1.29 is 14.3 Å². The van der Waals surface area contributed by atoms with E-state index in [2.05, 4.69) is 11.3 Å². The first-order valence-electron chi connectivity index (χ1n) is 8.12. The van der Waals surface area contributed by atoms with Crippen molar-refractivity contribution in [3.05, 3.63) is 60.2 Å². The number of hydrogen-bond donors (Lipinski definition) is 0. The van der Waals surface area contributed by atoms with E-state index in [1.807, 2.05) is 68.4 Å². The highest BCUT2D eigenvalue weighted by Gasteiger charge is 2.62. The van der Waals surface area contributed by atoms with Crippen LogP contribution in [0.5, 0.6) is 11.5 Å². The summed E-state index contributed by atoms with van der Waals surface area (Å²) in [6, 6.07) is 17.1. The Labute approximate surface area is 152 Å². The Bertz CT molecular complexity index is 818. The van der Waals surface area contributed by atoms with Gasteiger partial charge in [0, 0.05) is 11.3 Å². The van der Waals surface area contributed by atoms with Gasteiger partial charge < -0.3 is 9.47 Å². The van der Waals surface area contributed by atoms with Crippen molar-refractivity contribution in [2.75, 3.05) is 0 Å². The molecule has 0 radical (unpaired) electrons. The highest BCUT2D eigenvalue weighted by atomic mass is 35.5. The molecule has 25 heavy (non-hydrogen) atoms. The van der Waals surface area contributed by atoms with Gasteiger partial charge in [0.1, 0.15) is 18.1 Å². The molecule has 2 aromatic rings. The summed E-state index contributed by atoms with van der Waals surface area (Å²) in [6.07, 6.45) is 0. The third-order valence-corrected chi connectivity index (χ3v) is 4.66. The van der Waals surface area contributed by atoms with Crippen LogP contribution in [0.25, 0.3) is 0 Å².